The lowest BCUT2D eigenvalue weighted by molar-refractivity contribution is 0.264. The number of aromatic nitrogens is 4. The van der Waals surface area contributed by atoms with Crippen molar-refractivity contribution in [3.05, 3.63) is 29.9 Å². The zero-order valence-electron chi connectivity index (χ0n) is 7.71. The first kappa shape index (κ1) is 8.89. The molecule has 6 heteroatoms. The molecule has 1 N–H and O–H groups in total. The lowest BCUT2D eigenvalue weighted by atomic mass is 10.5. The zero-order chi connectivity index (χ0) is 9.97. The number of aliphatic hydroxyl groups is 1. The van der Waals surface area contributed by atoms with E-state index in [2.05, 4.69) is 15.1 Å². The van der Waals surface area contributed by atoms with Gasteiger partial charge in [0.1, 0.15) is 19.0 Å². The molecule has 0 saturated heterocycles. The van der Waals surface area contributed by atoms with E-state index < -0.39 is 0 Å². The van der Waals surface area contributed by atoms with Gasteiger partial charge in [-0.25, -0.2) is 4.98 Å². The van der Waals surface area contributed by atoms with E-state index in [0.717, 1.165) is 0 Å². The van der Waals surface area contributed by atoms with Crippen LogP contribution in [0.2, 0.25) is 0 Å². The molecule has 0 aliphatic carbocycles. The second-order valence-electron chi connectivity index (χ2n) is 2.86. The van der Waals surface area contributed by atoms with Crippen LogP contribution in [0.3, 0.4) is 0 Å². The van der Waals surface area contributed by atoms with Crippen molar-refractivity contribution in [2.24, 2.45) is 0 Å². The van der Waals surface area contributed by atoms with Crippen LogP contribution in [0, 0.1) is 6.92 Å². The van der Waals surface area contributed by atoms with E-state index >= 15 is 0 Å². The first-order chi connectivity index (χ1) is 6.79. The van der Waals surface area contributed by atoms with Crippen molar-refractivity contribution in [3.8, 4) is 0 Å². The van der Waals surface area contributed by atoms with Crippen LogP contribution in [0.25, 0.3) is 0 Å². The van der Waals surface area contributed by atoms with Gasteiger partial charge in [0.15, 0.2) is 5.82 Å². The SMILES string of the molecule is Cc1noc(Cn2ccnc2CO)n1. The van der Waals surface area contributed by atoms with E-state index in [-0.39, 0.29) is 6.61 Å². The third-order valence-electron chi connectivity index (χ3n) is 1.82. The van der Waals surface area contributed by atoms with Gasteiger partial charge >= 0.3 is 0 Å². The minimum atomic E-state index is -0.0971. The van der Waals surface area contributed by atoms with E-state index in [1.54, 1.807) is 23.9 Å². The minimum absolute atomic E-state index is 0.0971. The van der Waals surface area contributed by atoms with Gasteiger partial charge in [-0.3, -0.25) is 0 Å². The van der Waals surface area contributed by atoms with Crippen molar-refractivity contribution in [2.75, 3.05) is 0 Å². The number of aliphatic hydroxyl groups excluding tert-OH is 1. The maximum Gasteiger partial charge on any atom is 0.246 e. The molecule has 0 unspecified atom stereocenters. The van der Waals surface area contributed by atoms with Gasteiger partial charge in [0, 0.05) is 12.4 Å². The molecule has 0 bridgehead atoms. The van der Waals surface area contributed by atoms with E-state index in [0.29, 0.717) is 24.1 Å². The van der Waals surface area contributed by atoms with Crippen LogP contribution >= 0.6 is 0 Å². The topological polar surface area (TPSA) is 77.0 Å². The zero-order valence-corrected chi connectivity index (χ0v) is 7.71. The molecule has 0 aromatic carbocycles. The maximum absolute atomic E-state index is 8.94. The third kappa shape index (κ3) is 1.64. The summed E-state index contributed by atoms with van der Waals surface area (Å²) in [5.74, 6) is 1.70. The monoisotopic (exact) mass is 194 g/mol. The van der Waals surface area contributed by atoms with Gasteiger partial charge in [-0.05, 0) is 6.92 Å². The summed E-state index contributed by atoms with van der Waals surface area (Å²) in [4.78, 5) is 8.01. The summed E-state index contributed by atoms with van der Waals surface area (Å²) >= 11 is 0. The minimum Gasteiger partial charge on any atom is -0.388 e. The van der Waals surface area contributed by atoms with Crippen LogP contribution in [-0.4, -0.2) is 24.8 Å². The average molecular weight is 194 g/mol. The molecular formula is C8H10N4O2. The van der Waals surface area contributed by atoms with Crippen molar-refractivity contribution in [3.63, 3.8) is 0 Å². The summed E-state index contributed by atoms with van der Waals surface area (Å²) < 4.78 is 6.70. The maximum atomic E-state index is 8.94. The van der Waals surface area contributed by atoms with Gasteiger partial charge in [0.05, 0.1) is 0 Å². The van der Waals surface area contributed by atoms with E-state index in [1.807, 2.05) is 0 Å². The summed E-state index contributed by atoms with van der Waals surface area (Å²) in [6.45, 7) is 2.10. The molecule has 0 spiro atoms. The molecule has 14 heavy (non-hydrogen) atoms. The summed E-state index contributed by atoms with van der Waals surface area (Å²) in [6, 6.07) is 0. The molecule has 2 heterocycles. The van der Waals surface area contributed by atoms with Crippen molar-refractivity contribution in [2.45, 2.75) is 20.1 Å². The Balaban J connectivity index is 2.18. The number of hydrogen-bond acceptors (Lipinski definition) is 5. The second kappa shape index (κ2) is 3.59. The van der Waals surface area contributed by atoms with Crippen LogP contribution in [0.1, 0.15) is 17.5 Å². The Labute approximate surface area is 80.2 Å². The molecule has 2 rings (SSSR count). The van der Waals surface area contributed by atoms with Gasteiger partial charge in [-0.1, -0.05) is 5.16 Å². The Bertz CT molecular complexity index is 420. The quantitative estimate of drug-likeness (QED) is 0.750. The summed E-state index contributed by atoms with van der Waals surface area (Å²) in [6.07, 6.45) is 3.37. The normalized spacial score (nSPS) is 10.7. The molecule has 0 saturated carbocycles. The fraction of sp³-hybridized carbons (Fsp3) is 0.375. The highest BCUT2D eigenvalue weighted by Gasteiger charge is 2.06. The molecule has 0 aliphatic rings. The Morgan fingerprint density at radius 1 is 1.57 bits per heavy atom. The molecule has 2 aromatic heterocycles. The molecule has 0 amide bonds. The highest BCUT2D eigenvalue weighted by molar-refractivity contribution is 4.94. The lowest BCUT2D eigenvalue weighted by Gasteiger charge is -2.00. The lowest BCUT2D eigenvalue weighted by Crippen LogP contribution is -2.04. The Morgan fingerprint density at radius 3 is 3.07 bits per heavy atom. The van der Waals surface area contributed by atoms with Crippen molar-refractivity contribution in [1.29, 1.82) is 0 Å². The molecule has 6 nitrogen and oxygen atoms in total. The first-order valence-electron chi connectivity index (χ1n) is 4.19. The summed E-state index contributed by atoms with van der Waals surface area (Å²) in [5.41, 5.74) is 0. The van der Waals surface area contributed by atoms with E-state index in [1.165, 1.54) is 0 Å². The number of aryl methyl sites for hydroxylation is 1. The first-order valence-corrected chi connectivity index (χ1v) is 4.19. The number of rotatable bonds is 3. The predicted molar refractivity (Wildman–Crippen MR) is 46.3 cm³/mol. The number of hydrogen-bond donors (Lipinski definition) is 1. The van der Waals surface area contributed by atoms with Gasteiger partial charge in [-0.15, -0.1) is 0 Å². The average Bonchev–Trinajstić information content (AvgIpc) is 2.76. The molecule has 0 fully saturated rings. The molecule has 74 valence electrons. The highest BCUT2D eigenvalue weighted by Crippen LogP contribution is 2.03. The van der Waals surface area contributed by atoms with Crippen LogP contribution in [0.5, 0.6) is 0 Å². The fourth-order valence-corrected chi connectivity index (χ4v) is 1.19. The van der Waals surface area contributed by atoms with Crippen molar-refractivity contribution in [1.82, 2.24) is 19.7 Å². The van der Waals surface area contributed by atoms with E-state index in [9.17, 15) is 0 Å². The van der Waals surface area contributed by atoms with Crippen molar-refractivity contribution >= 4 is 0 Å². The smallest absolute Gasteiger partial charge is 0.246 e. The van der Waals surface area contributed by atoms with E-state index in [4.69, 9.17) is 9.63 Å². The Kier molecular flexibility index (Phi) is 2.28. The molecule has 0 aliphatic heterocycles. The van der Waals surface area contributed by atoms with Crippen LogP contribution in [-0.2, 0) is 13.2 Å². The van der Waals surface area contributed by atoms with Crippen molar-refractivity contribution < 1.29 is 9.63 Å². The molecule has 0 radical (unpaired) electrons. The Morgan fingerprint density at radius 2 is 2.43 bits per heavy atom. The standard InChI is InChI=1S/C8H10N4O2/c1-6-10-8(14-11-6)4-12-3-2-9-7(12)5-13/h2-3,13H,4-5H2,1H3. The predicted octanol–water partition coefficient (Wildman–Crippen LogP) is 0.115. The molecule has 0 atom stereocenters. The summed E-state index contributed by atoms with van der Waals surface area (Å²) in [5, 5.41) is 12.6. The molecular weight excluding hydrogens is 184 g/mol. The van der Waals surface area contributed by atoms with Crippen LogP contribution in [0.15, 0.2) is 16.9 Å². The number of nitrogens with zero attached hydrogens (tertiary/aromatic N) is 4. The van der Waals surface area contributed by atoms with Gasteiger partial charge < -0.3 is 14.2 Å². The van der Waals surface area contributed by atoms with Crippen LogP contribution in [0.4, 0.5) is 0 Å². The second-order valence-corrected chi connectivity index (χ2v) is 2.86. The van der Waals surface area contributed by atoms with Crippen LogP contribution < -0.4 is 0 Å². The van der Waals surface area contributed by atoms with Gasteiger partial charge in [0.25, 0.3) is 0 Å². The fourth-order valence-electron chi connectivity index (χ4n) is 1.19. The number of imidazole rings is 1. The third-order valence-corrected chi connectivity index (χ3v) is 1.82. The van der Waals surface area contributed by atoms with Gasteiger partial charge in [-0.2, -0.15) is 4.98 Å². The Hall–Kier alpha value is -1.69. The highest BCUT2D eigenvalue weighted by atomic mass is 16.5. The largest absolute Gasteiger partial charge is 0.388 e. The molecule has 2 aromatic rings. The summed E-state index contributed by atoms with van der Waals surface area (Å²) in [7, 11) is 0. The van der Waals surface area contributed by atoms with Gasteiger partial charge in [0.2, 0.25) is 5.89 Å².